The Morgan fingerprint density at radius 2 is 1.57 bits per heavy atom. The molecule has 0 aliphatic rings. The summed E-state index contributed by atoms with van der Waals surface area (Å²) in [6.07, 6.45) is 0.425. The molecule has 3 N–H and O–H groups in total. The van der Waals surface area contributed by atoms with E-state index in [1.807, 2.05) is 66.0 Å². The molecule has 192 valence electrons. The smallest absolute Gasteiger partial charge is 0.241 e. The molecule has 4 aromatic rings. The molecule has 3 aromatic carbocycles. The summed E-state index contributed by atoms with van der Waals surface area (Å²) in [4.78, 5) is 12.9. The summed E-state index contributed by atoms with van der Waals surface area (Å²) in [5.74, 6) is 1.80. The number of benzene rings is 3. The van der Waals surface area contributed by atoms with Crippen molar-refractivity contribution in [2.75, 3.05) is 33.8 Å². The zero-order valence-electron chi connectivity index (χ0n) is 21.1. The van der Waals surface area contributed by atoms with Crippen molar-refractivity contribution in [2.24, 2.45) is 5.73 Å². The summed E-state index contributed by atoms with van der Waals surface area (Å²) >= 11 is 1.33. The molecule has 0 aliphatic heterocycles. The van der Waals surface area contributed by atoms with Crippen LogP contribution in [0, 0.1) is 0 Å². The molecule has 1 aromatic heterocycles. The van der Waals surface area contributed by atoms with Gasteiger partial charge in [-0.1, -0.05) is 36.4 Å². The van der Waals surface area contributed by atoms with Crippen LogP contribution >= 0.6 is 11.5 Å². The fourth-order valence-electron chi connectivity index (χ4n) is 4.03. The zero-order valence-corrected chi connectivity index (χ0v) is 21.9. The van der Waals surface area contributed by atoms with E-state index in [4.69, 9.17) is 24.7 Å². The highest BCUT2D eigenvalue weighted by Crippen LogP contribution is 2.44. The van der Waals surface area contributed by atoms with Gasteiger partial charge in [0.2, 0.25) is 11.7 Å². The van der Waals surface area contributed by atoms with Crippen LogP contribution in [0.4, 0.5) is 5.69 Å². The lowest BCUT2D eigenvalue weighted by Crippen LogP contribution is -2.37. The van der Waals surface area contributed by atoms with Gasteiger partial charge in [0.15, 0.2) is 11.5 Å². The van der Waals surface area contributed by atoms with Crippen molar-refractivity contribution in [2.45, 2.75) is 12.5 Å². The van der Waals surface area contributed by atoms with Crippen LogP contribution in [0.15, 0.2) is 66.0 Å². The summed E-state index contributed by atoms with van der Waals surface area (Å²) in [5.41, 5.74) is 11.0. The molecule has 0 fully saturated rings. The molecule has 0 spiro atoms. The van der Waals surface area contributed by atoms with Gasteiger partial charge in [-0.05, 0) is 53.3 Å². The number of methoxy groups -OCH3 is 4. The first-order chi connectivity index (χ1) is 18.0. The van der Waals surface area contributed by atoms with E-state index in [-0.39, 0.29) is 5.91 Å². The molecular weight excluding hydrogens is 490 g/mol. The van der Waals surface area contributed by atoms with Crippen LogP contribution in [0.1, 0.15) is 5.56 Å². The second-order valence-corrected chi connectivity index (χ2v) is 8.82. The molecule has 8 nitrogen and oxygen atoms in total. The van der Waals surface area contributed by atoms with E-state index in [1.54, 1.807) is 28.4 Å². The number of hydrogen-bond donors (Lipinski definition) is 2. The minimum Gasteiger partial charge on any atom is -0.495 e. The Kier molecular flexibility index (Phi) is 8.27. The summed E-state index contributed by atoms with van der Waals surface area (Å²) in [6.45, 7) is 0. The van der Waals surface area contributed by atoms with Gasteiger partial charge in [0, 0.05) is 16.5 Å². The SMILES string of the molecule is COc1ccc(-c2csnc2-c2cc(OC)c(OC)c(OC)c2)cc1NC(=O)C(N)Cc1ccccc1. The van der Waals surface area contributed by atoms with E-state index in [1.165, 1.54) is 11.5 Å². The third-order valence-corrected chi connectivity index (χ3v) is 6.54. The van der Waals surface area contributed by atoms with Crippen LogP contribution in [0.2, 0.25) is 0 Å². The van der Waals surface area contributed by atoms with Crippen molar-refractivity contribution in [3.63, 3.8) is 0 Å². The van der Waals surface area contributed by atoms with E-state index in [0.717, 1.165) is 27.9 Å². The molecule has 37 heavy (non-hydrogen) atoms. The molecule has 0 saturated carbocycles. The zero-order chi connectivity index (χ0) is 26.4. The number of amides is 1. The number of anilines is 1. The minimum absolute atomic E-state index is 0.299. The maximum atomic E-state index is 12.9. The number of nitrogens with one attached hydrogen (secondary N) is 1. The molecule has 9 heteroatoms. The molecule has 0 saturated heterocycles. The van der Waals surface area contributed by atoms with Crippen molar-refractivity contribution < 1.29 is 23.7 Å². The van der Waals surface area contributed by atoms with Gasteiger partial charge < -0.3 is 30.0 Å². The van der Waals surface area contributed by atoms with Crippen molar-refractivity contribution in [3.8, 4) is 45.4 Å². The van der Waals surface area contributed by atoms with E-state index < -0.39 is 6.04 Å². The maximum absolute atomic E-state index is 12.9. The van der Waals surface area contributed by atoms with Crippen LogP contribution < -0.4 is 30.0 Å². The average molecular weight is 520 g/mol. The molecule has 4 rings (SSSR count). The van der Waals surface area contributed by atoms with Crippen LogP contribution in [-0.4, -0.2) is 44.8 Å². The molecule has 1 amide bonds. The van der Waals surface area contributed by atoms with Crippen molar-refractivity contribution in [1.29, 1.82) is 0 Å². The van der Waals surface area contributed by atoms with Gasteiger partial charge in [-0.15, -0.1) is 0 Å². The highest BCUT2D eigenvalue weighted by Gasteiger charge is 2.20. The topological polar surface area (TPSA) is 105 Å². The first-order valence-corrected chi connectivity index (χ1v) is 12.4. The lowest BCUT2D eigenvalue weighted by Gasteiger charge is -2.16. The number of carbonyl (C=O) groups excluding carboxylic acids is 1. The maximum Gasteiger partial charge on any atom is 0.241 e. The number of rotatable bonds is 10. The number of aromatic nitrogens is 1. The lowest BCUT2D eigenvalue weighted by atomic mass is 10.00. The van der Waals surface area contributed by atoms with Gasteiger partial charge in [-0.25, -0.2) is 0 Å². The van der Waals surface area contributed by atoms with Gasteiger partial charge in [-0.2, -0.15) is 4.37 Å². The normalized spacial score (nSPS) is 11.5. The Morgan fingerprint density at radius 1 is 0.892 bits per heavy atom. The first-order valence-electron chi connectivity index (χ1n) is 11.5. The monoisotopic (exact) mass is 519 g/mol. The van der Waals surface area contributed by atoms with Crippen LogP contribution in [0.3, 0.4) is 0 Å². The molecule has 1 heterocycles. The van der Waals surface area contributed by atoms with Gasteiger partial charge in [0.25, 0.3) is 0 Å². The Morgan fingerprint density at radius 3 is 2.19 bits per heavy atom. The molecular formula is C28H29N3O5S. The van der Waals surface area contributed by atoms with Crippen molar-refractivity contribution in [1.82, 2.24) is 4.37 Å². The molecule has 0 aliphatic carbocycles. The predicted molar refractivity (Wildman–Crippen MR) is 146 cm³/mol. The van der Waals surface area contributed by atoms with Crippen LogP contribution in [0.5, 0.6) is 23.0 Å². The number of ether oxygens (including phenoxy) is 4. The highest BCUT2D eigenvalue weighted by molar-refractivity contribution is 7.04. The number of carbonyl (C=O) groups is 1. The third-order valence-electron chi connectivity index (χ3n) is 5.91. The summed E-state index contributed by atoms with van der Waals surface area (Å²) in [7, 11) is 6.27. The fourth-order valence-corrected chi connectivity index (χ4v) is 4.74. The summed E-state index contributed by atoms with van der Waals surface area (Å²) < 4.78 is 26.6. The van der Waals surface area contributed by atoms with E-state index in [9.17, 15) is 4.79 Å². The summed E-state index contributed by atoms with van der Waals surface area (Å²) in [6, 6.07) is 18.3. The standard InChI is InChI=1S/C28H29N3O5S/c1-33-23-11-10-18(13-22(23)30-28(32)21(29)12-17-8-6-5-7-9-17)20-16-37-31-26(20)19-14-24(34-2)27(36-4)25(15-19)35-3/h5-11,13-16,21H,12,29H2,1-4H3,(H,30,32). The third kappa shape index (κ3) is 5.68. The highest BCUT2D eigenvalue weighted by atomic mass is 32.1. The second-order valence-electron chi connectivity index (χ2n) is 8.19. The Bertz CT molecular complexity index is 1350. The van der Waals surface area contributed by atoms with E-state index in [0.29, 0.717) is 35.1 Å². The largest absolute Gasteiger partial charge is 0.495 e. The van der Waals surface area contributed by atoms with Crippen LogP contribution in [-0.2, 0) is 11.2 Å². The minimum atomic E-state index is -0.714. The van der Waals surface area contributed by atoms with Gasteiger partial charge >= 0.3 is 0 Å². The Labute approximate surface area is 220 Å². The first kappa shape index (κ1) is 26.0. The summed E-state index contributed by atoms with van der Waals surface area (Å²) in [5, 5.41) is 4.88. The van der Waals surface area contributed by atoms with Crippen LogP contribution in [0.25, 0.3) is 22.4 Å². The number of nitrogens with two attached hydrogens (primary N) is 1. The lowest BCUT2D eigenvalue weighted by molar-refractivity contribution is -0.117. The van der Waals surface area contributed by atoms with Gasteiger partial charge in [-0.3, -0.25) is 4.79 Å². The molecule has 0 bridgehead atoms. The predicted octanol–water partition coefficient (Wildman–Crippen LogP) is 5.02. The van der Waals surface area contributed by atoms with Gasteiger partial charge in [0.05, 0.1) is 45.9 Å². The molecule has 1 atom stereocenters. The Hall–Kier alpha value is -4.08. The number of hydrogen-bond acceptors (Lipinski definition) is 8. The quantitative estimate of drug-likeness (QED) is 0.303. The average Bonchev–Trinajstić information content (AvgIpc) is 3.42. The number of nitrogens with zero attached hydrogens (tertiary/aromatic N) is 1. The van der Waals surface area contributed by atoms with E-state index in [2.05, 4.69) is 9.69 Å². The van der Waals surface area contributed by atoms with E-state index >= 15 is 0 Å². The van der Waals surface area contributed by atoms with Gasteiger partial charge in [0.1, 0.15) is 5.75 Å². The molecule has 0 radical (unpaired) electrons. The second kappa shape index (κ2) is 11.8. The molecule has 1 unspecified atom stereocenters. The van der Waals surface area contributed by atoms with Crippen molar-refractivity contribution in [3.05, 3.63) is 71.6 Å². The fraction of sp³-hybridized carbons (Fsp3) is 0.214. The van der Waals surface area contributed by atoms with Crippen molar-refractivity contribution >= 4 is 23.1 Å². The Balaban J connectivity index is 1.66.